The topological polar surface area (TPSA) is 50.2 Å². The molecule has 0 unspecified atom stereocenters. The number of rotatable bonds is 6. The number of para-hydroxylation sites is 1. The predicted molar refractivity (Wildman–Crippen MR) is 234 cm³/mol. The van der Waals surface area contributed by atoms with Crippen LogP contribution in [0.3, 0.4) is 0 Å². The Labute approximate surface area is 317 Å². The number of hydrogen-bond donors (Lipinski definition) is 1. The third-order valence-electron chi connectivity index (χ3n) is 9.63. The lowest BCUT2D eigenvalue weighted by molar-refractivity contribution is 1.33. The molecule has 0 bridgehead atoms. The van der Waals surface area contributed by atoms with Crippen LogP contribution in [0.15, 0.2) is 193 Å². The molecular weight excluding hydrogens is 657 g/mol. The number of benzene rings is 7. The fourth-order valence-electron chi connectivity index (χ4n) is 6.84. The maximum absolute atomic E-state index is 4.60. The van der Waals surface area contributed by atoms with E-state index < -0.39 is 0 Å². The summed E-state index contributed by atoms with van der Waals surface area (Å²) in [6.07, 6.45) is 9.15. The summed E-state index contributed by atoms with van der Waals surface area (Å²) in [5.41, 5.74) is 10.4. The zero-order chi connectivity index (χ0) is 37.3. The molecule has 0 saturated heterocycles. The van der Waals surface area contributed by atoms with Gasteiger partial charge in [0.2, 0.25) is 0 Å². The molecule has 7 aromatic carbocycles. The largest absolute Gasteiger partial charge is 0.388 e. The number of aliphatic imine (C=N–C) groups is 1. The second kappa shape index (κ2) is 16.6. The average Bonchev–Trinajstić information content (AvgIpc) is 3.25. The molecule has 54 heavy (non-hydrogen) atoms. The highest BCUT2D eigenvalue weighted by Gasteiger charge is 2.16. The summed E-state index contributed by atoms with van der Waals surface area (Å²) >= 11 is 0. The summed E-state index contributed by atoms with van der Waals surface area (Å²) in [4.78, 5) is 12.9. The van der Waals surface area contributed by atoms with Crippen LogP contribution in [0.2, 0.25) is 0 Å². The van der Waals surface area contributed by atoms with E-state index in [1.54, 1.807) is 19.3 Å². The Morgan fingerprint density at radius 1 is 0.574 bits per heavy atom. The number of nitrogens with zero attached hydrogens (tertiary/aromatic N) is 3. The van der Waals surface area contributed by atoms with Gasteiger partial charge in [-0.2, -0.15) is 0 Å². The van der Waals surface area contributed by atoms with Crippen molar-refractivity contribution in [2.24, 2.45) is 4.99 Å². The van der Waals surface area contributed by atoms with E-state index >= 15 is 0 Å². The van der Waals surface area contributed by atoms with Gasteiger partial charge in [0.1, 0.15) is 0 Å². The standard InChI is InChI=1S/C36H22N2.C7H9N.C7H11N/c1-2-21-37-33(7-1)24-11-9-23(10-12-24)27-17-13-25-16-20-32-29(18-14-26-15-19-31(27)35(25)36(26)32)28-5-3-8-34-30(28)6-4-22-38-34;1-8-7-5-3-2-4-6-7;1-4-7(2)5-6-8-3/h1-22H;2-6,8H,1H3;4-6H,1H2,2-3H3/b;;7-5-,8-6?. The quantitative estimate of drug-likeness (QED) is 0.107. The Morgan fingerprint density at radius 2 is 1.20 bits per heavy atom. The molecule has 0 aliphatic heterocycles. The number of hydrogen-bond acceptors (Lipinski definition) is 4. The summed E-state index contributed by atoms with van der Waals surface area (Å²) in [6, 6.07) is 53.6. The van der Waals surface area contributed by atoms with Gasteiger partial charge in [0.15, 0.2) is 0 Å². The monoisotopic (exact) mass is 698 g/mol. The van der Waals surface area contributed by atoms with Crippen LogP contribution < -0.4 is 5.32 Å². The minimum Gasteiger partial charge on any atom is -0.388 e. The summed E-state index contributed by atoms with van der Waals surface area (Å²) in [5, 5.41) is 11.9. The van der Waals surface area contributed by atoms with Gasteiger partial charge in [-0.3, -0.25) is 15.0 Å². The SMILES string of the molecule is C=C/C(C)=C\C=NC.CNc1ccccc1.c1ccc(-c2ccc(-c3ccc4ccc5c(-c6cccc7ncccc67)ccc6ccc3c4c65)cc2)nc1. The highest BCUT2D eigenvalue weighted by Crippen LogP contribution is 2.43. The van der Waals surface area contributed by atoms with Crippen molar-refractivity contribution in [2.75, 3.05) is 19.4 Å². The zero-order valence-electron chi connectivity index (χ0n) is 30.9. The Morgan fingerprint density at radius 3 is 1.85 bits per heavy atom. The second-order valence-corrected chi connectivity index (χ2v) is 13.0. The molecule has 1 N–H and O–H groups in total. The highest BCUT2D eigenvalue weighted by molar-refractivity contribution is 6.28. The van der Waals surface area contributed by atoms with Crippen LogP contribution in [-0.2, 0) is 0 Å². The third-order valence-corrected chi connectivity index (χ3v) is 9.63. The molecule has 0 atom stereocenters. The normalized spacial score (nSPS) is 11.4. The van der Waals surface area contributed by atoms with Gasteiger partial charge in [0.25, 0.3) is 0 Å². The minimum atomic E-state index is 0.991. The van der Waals surface area contributed by atoms with Crippen LogP contribution in [-0.4, -0.2) is 30.3 Å². The Bertz CT molecular complexity index is 2710. The molecule has 0 aliphatic rings. The molecule has 2 heterocycles. The van der Waals surface area contributed by atoms with Crippen molar-refractivity contribution in [2.45, 2.75) is 6.92 Å². The first-order chi connectivity index (χ1) is 26.6. The van der Waals surface area contributed by atoms with Gasteiger partial charge >= 0.3 is 0 Å². The van der Waals surface area contributed by atoms with Gasteiger partial charge in [0.05, 0.1) is 11.2 Å². The fourth-order valence-corrected chi connectivity index (χ4v) is 6.84. The molecule has 4 nitrogen and oxygen atoms in total. The average molecular weight is 699 g/mol. The lowest BCUT2D eigenvalue weighted by Crippen LogP contribution is -1.90. The second-order valence-electron chi connectivity index (χ2n) is 13.0. The first kappa shape index (κ1) is 35.5. The number of fused-ring (bicyclic) bond motifs is 1. The molecule has 0 spiro atoms. The van der Waals surface area contributed by atoms with E-state index in [2.05, 4.69) is 130 Å². The van der Waals surface area contributed by atoms with Crippen LogP contribution >= 0.6 is 0 Å². The minimum absolute atomic E-state index is 0.991. The molecule has 262 valence electrons. The molecule has 0 fully saturated rings. The van der Waals surface area contributed by atoms with Crippen molar-refractivity contribution in [3.8, 4) is 33.5 Å². The third kappa shape index (κ3) is 7.50. The molecule has 0 amide bonds. The van der Waals surface area contributed by atoms with E-state index in [-0.39, 0.29) is 0 Å². The van der Waals surface area contributed by atoms with Crippen molar-refractivity contribution in [3.63, 3.8) is 0 Å². The van der Waals surface area contributed by atoms with Crippen LogP contribution in [0.4, 0.5) is 5.69 Å². The van der Waals surface area contributed by atoms with E-state index in [0.29, 0.717) is 0 Å². The summed E-state index contributed by atoms with van der Waals surface area (Å²) in [7, 11) is 3.65. The highest BCUT2D eigenvalue weighted by atomic mass is 14.8. The van der Waals surface area contributed by atoms with Crippen molar-refractivity contribution >= 4 is 55.1 Å². The Kier molecular flexibility index (Phi) is 10.9. The number of allylic oxidation sites excluding steroid dienone is 3. The number of pyridine rings is 2. The molecule has 9 rings (SSSR count). The predicted octanol–water partition coefficient (Wildman–Crippen LogP) is 13.1. The lowest BCUT2D eigenvalue weighted by Gasteiger charge is -2.17. The molecule has 0 saturated carbocycles. The van der Waals surface area contributed by atoms with E-state index in [0.717, 1.165) is 28.0 Å². The number of nitrogens with one attached hydrogen (secondary N) is 1. The summed E-state index contributed by atoms with van der Waals surface area (Å²) in [5.74, 6) is 0. The van der Waals surface area contributed by atoms with Crippen LogP contribution in [0, 0.1) is 0 Å². The molecule has 0 aliphatic carbocycles. The van der Waals surface area contributed by atoms with Gasteiger partial charge < -0.3 is 5.32 Å². The molecule has 2 aromatic heterocycles. The van der Waals surface area contributed by atoms with Crippen molar-refractivity contribution in [1.29, 1.82) is 0 Å². The fraction of sp³-hybridized carbons (Fsp3) is 0.0600. The Hall–Kier alpha value is -6.91. The summed E-state index contributed by atoms with van der Waals surface area (Å²) < 4.78 is 0. The molecular formula is C50H42N4. The maximum Gasteiger partial charge on any atom is 0.0708 e. The summed E-state index contributed by atoms with van der Waals surface area (Å²) in [6.45, 7) is 5.56. The number of aromatic nitrogens is 2. The first-order valence-electron chi connectivity index (χ1n) is 18.1. The smallest absolute Gasteiger partial charge is 0.0708 e. The molecule has 9 aromatic rings. The lowest BCUT2D eigenvalue weighted by atomic mass is 9.86. The molecule has 4 heteroatoms. The van der Waals surface area contributed by atoms with E-state index in [1.807, 2.05) is 81.0 Å². The van der Waals surface area contributed by atoms with Gasteiger partial charge in [-0.05, 0) is 104 Å². The van der Waals surface area contributed by atoms with Crippen LogP contribution in [0.25, 0.3) is 76.7 Å². The van der Waals surface area contributed by atoms with Gasteiger partial charge in [-0.15, -0.1) is 0 Å². The van der Waals surface area contributed by atoms with Crippen molar-refractivity contribution in [1.82, 2.24) is 9.97 Å². The van der Waals surface area contributed by atoms with E-state index in [9.17, 15) is 0 Å². The maximum atomic E-state index is 4.60. The van der Waals surface area contributed by atoms with E-state index in [4.69, 9.17) is 0 Å². The Balaban J connectivity index is 0.000000235. The van der Waals surface area contributed by atoms with E-state index in [1.165, 1.54) is 60.0 Å². The van der Waals surface area contributed by atoms with Gasteiger partial charge in [-0.25, -0.2) is 0 Å². The van der Waals surface area contributed by atoms with Crippen molar-refractivity contribution in [3.05, 3.63) is 188 Å². The molecule has 0 radical (unpaired) electrons. The first-order valence-corrected chi connectivity index (χ1v) is 18.1. The van der Waals surface area contributed by atoms with Gasteiger partial charge in [-0.1, -0.05) is 133 Å². The zero-order valence-corrected chi connectivity index (χ0v) is 30.9. The van der Waals surface area contributed by atoms with Crippen LogP contribution in [0.5, 0.6) is 0 Å². The van der Waals surface area contributed by atoms with Gasteiger partial charge in [0, 0.05) is 49.3 Å². The van der Waals surface area contributed by atoms with Crippen molar-refractivity contribution < 1.29 is 0 Å². The number of anilines is 1. The van der Waals surface area contributed by atoms with Crippen LogP contribution in [0.1, 0.15) is 6.92 Å².